The number of hydrogen-bond acceptors (Lipinski definition) is 11. The molecule has 1 amide bonds. The lowest BCUT2D eigenvalue weighted by Gasteiger charge is -2.35. The molecule has 0 saturated carbocycles. The van der Waals surface area contributed by atoms with Gasteiger partial charge in [0.25, 0.3) is 15.9 Å². The SMILES string of the molecule is CCOc1cncc(C#Cc2ccccc2CN2CCN(c3ccc(C(=O)NS(=O)(=O)c4ccc(NCCSc5ccccc5)c(C(F)(F)F)c4)nn3)CC2)c1. The van der Waals surface area contributed by atoms with Gasteiger partial charge in [0.1, 0.15) is 5.75 Å². The number of alkyl halides is 3. The van der Waals surface area contributed by atoms with Gasteiger partial charge in [-0.1, -0.05) is 48.2 Å². The molecular formula is C40H38F3N7O4S2. The van der Waals surface area contributed by atoms with Crippen LogP contribution in [0.2, 0.25) is 0 Å². The topological polar surface area (TPSA) is 130 Å². The number of hydrogen-bond donors (Lipinski definition) is 2. The van der Waals surface area contributed by atoms with E-state index in [1.807, 2.05) is 71.1 Å². The monoisotopic (exact) mass is 801 g/mol. The van der Waals surface area contributed by atoms with Crippen molar-refractivity contribution >= 4 is 39.2 Å². The zero-order chi connectivity index (χ0) is 39.5. The number of pyridine rings is 1. The maximum atomic E-state index is 14.0. The van der Waals surface area contributed by atoms with Gasteiger partial charge in [-0.3, -0.25) is 14.7 Å². The Morgan fingerprint density at radius 2 is 1.68 bits per heavy atom. The van der Waals surface area contributed by atoms with E-state index in [1.165, 1.54) is 17.8 Å². The zero-order valence-electron chi connectivity index (χ0n) is 30.3. The minimum absolute atomic E-state index is 0.199. The lowest BCUT2D eigenvalue weighted by atomic mass is 10.1. The van der Waals surface area contributed by atoms with E-state index < -0.39 is 32.6 Å². The van der Waals surface area contributed by atoms with E-state index >= 15 is 0 Å². The number of piperazine rings is 1. The summed E-state index contributed by atoms with van der Waals surface area (Å²) in [6.45, 7) is 6.01. The number of aromatic nitrogens is 3. The van der Waals surface area contributed by atoms with Gasteiger partial charge in [0, 0.05) is 72.9 Å². The van der Waals surface area contributed by atoms with Crippen LogP contribution in [0.5, 0.6) is 5.75 Å². The molecule has 5 aromatic rings. The molecule has 2 aromatic heterocycles. The van der Waals surface area contributed by atoms with Crippen LogP contribution in [0.25, 0.3) is 0 Å². The molecule has 56 heavy (non-hydrogen) atoms. The fourth-order valence-corrected chi connectivity index (χ4v) is 7.60. The second-order valence-electron chi connectivity index (χ2n) is 12.5. The number of nitrogens with zero attached hydrogens (tertiary/aromatic N) is 5. The number of anilines is 2. The fourth-order valence-electron chi connectivity index (χ4n) is 5.83. The van der Waals surface area contributed by atoms with Crippen molar-refractivity contribution in [1.29, 1.82) is 0 Å². The Kier molecular flexibility index (Phi) is 13.1. The van der Waals surface area contributed by atoms with Crippen molar-refractivity contribution in [2.75, 3.05) is 55.3 Å². The van der Waals surface area contributed by atoms with Gasteiger partial charge in [-0.05, 0) is 67.1 Å². The van der Waals surface area contributed by atoms with Crippen LogP contribution in [0.15, 0.2) is 113 Å². The van der Waals surface area contributed by atoms with Gasteiger partial charge in [0.05, 0.1) is 23.3 Å². The van der Waals surface area contributed by atoms with Crippen molar-refractivity contribution in [1.82, 2.24) is 24.8 Å². The summed E-state index contributed by atoms with van der Waals surface area (Å²) in [5.74, 6) is 6.97. The molecular weight excluding hydrogens is 764 g/mol. The van der Waals surface area contributed by atoms with Crippen LogP contribution < -0.4 is 19.7 Å². The molecule has 0 radical (unpaired) electrons. The molecule has 1 aliphatic rings. The second kappa shape index (κ2) is 18.3. The minimum atomic E-state index is -4.85. The van der Waals surface area contributed by atoms with Gasteiger partial charge in [0.15, 0.2) is 11.5 Å². The summed E-state index contributed by atoms with van der Waals surface area (Å²) in [7, 11) is -4.69. The van der Waals surface area contributed by atoms with E-state index in [-0.39, 0.29) is 17.9 Å². The van der Waals surface area contributed by atoms with Crippen LogP contribution in [0.3, 0.4) is 0 Å². The number of ether oxygens (including phenoxy) is 1. The number of sulfonamides is 1. The standard InChI is InChI=1S/C40H38F3N7O4S2/c1-2-54-32-24-29(26-44-27-32)12-13-30-8-6-7-9-31(30)28-49-19-21-50(22-20-49)38-17-16-37(46-47-38)39(51)48-56(52,53)34-14-15-36(35(25-34)40(41,42)43)45-18-23-55-33-10-4-3-5-11-33/h3-11,14-17,24-27,45H,2,18-23,28H2,1H3,(H,48,51). The molecule has 1 aliphatic heterocycles. The van der Waals surface area contributed by atoms with E-state index in [9.17, 15) is 26.4 Å². The van der Waals surface area contributed by atoms with Crippen molar-refractivity contribution < 1.29 is 31.1 Å². The minimum Gasteiger partial charge on any atom is -0.492 e. The first-order valence-corrected chi connectivity index (χ1v) is 20.1. The van der Waals surface area contributed by atoms with Crippen LogP contribution in [-0.2, 0) is 22.7 Å². The highest BCUT2D eigenvalue weighted by Crippen LogP contribution is 2.36. The number of thioether (sulfide) groups is 1. The maximum Gasteiger partial charge on any atom is 0.418 e. The Morgan fingerprint density at radius 3 is 2.41 bits per heavy atom. The van der Waals surface area contributed by atoms with Gasteiger partial charge >= 0.3 is 6.18 Å². The first-order valence-electron chi connectivity index (χ1n) is 17.7. The van der Waals surface area contributed by atoms with Crippen LogP contribution in [0.4, 0.5) is 24.7 Å². The highest BCUT2D eigenvalue weighted by atomic mass is 32.2. The molecule has 3 aromatic carbocycles. The predicted octanol–water partition coefficient (Wildman–Crippen LogP) is 6.33. The largest absolute Gasteiger partial charge is 0.492 e. The molecule has 3 heterocycles. The summed E-state index contributed by atoms with van der Waals surface area (Å²) in [4.78, 5) is 21.7. The van der Waals surface area contributed by atoms with E-state index in [4.69, 9.17) is 4.74 Å². The van der Waals surface area contributed by atoms with E-state index in [1.54, 1.807) is 18.5 Å². The number of halogens is 3. The third-order valence-corrected chi connectivity index (χ3v) is 11.0. The number of carbonyl (C=O) groups excluding carboxylic acids is 1. The van der Waals surface area contributed by atoms with Crippen molar-refractivity contribution in [3.8, 4) is 17.6 Å². The Morgan fingerprint density at radius 1 is 0.911 bits per heavy atom. The third-order valence-electron chi connectivity index (χ3n) is 8.62. The van der Waals surface area contributed by atoms with Crippen molar-refractivity contribution in [3.63, 3.8) is 0 Å². The number of rotatable bonds is 13. The van der Waals surface area contributed by atoms with Crippen LogP contribution in [0.1, 0.15) is 39.7 Å². The van der Waals surface area contributed by atoms with E-state index in [0.717, 1.165) is 33.7 Å². The summed E-state index contributed by atoms with van der Waals surface area (Å²) in [6.07, 6.45) is -1.50. The lowest BCUT2D eigenvalue weighted by Crippen LogP contribution is -2.46. The van der Waals surface area contributed by atoms with Gasteiger partial charge in [-0.15, -0.1) is 22.0 Å². The molecule has 16 heteroatoms. The number of carbonyl (C=O) groups is 1. The van der Waals surface area contributed by atoms with Crippen molar-refractivity contribution in [2.45, 2.75) is 29.4 Å². The fraction of sp³-hybridized carbons (Fsp3) is 0.250. The molecule has 11 nitrogen and oxygen atoms in total. The summed E-state index contributed by atoms with van der Waals surface area (Å²) >= 11 is 1.47. The van der Waals surface area contributed by atoms with Gasteiger partial charge < -0.3 is 15.0 Å². The Hall–Kier alpha value is -5.63. The predicted molar refractivity (Wildman–Crippen MR) is 209 cm³/mol. The average Bonchev–Trinajstić information content (AvgIpc) is 3.20. The summed E-state index contributed by atoms with van der Waals surface area (Å²) in [5.41, 5.74) is 1.01. The third kappa shape index (κ3) is 10.8. The number of nitrogens with one attached hydrogen (secondary N) is 2. The van der Waals surface area contributed by atoms with Gasteiger partial charge in [-0.2, -0.15) is 13.2 Å². The molecule has 0 spiro atoms. The van der Waals surface area contributed by atoms with E-state index in [2.05, 4.69) is 43.3 Å². The molecule has 290 valence electrons. The Bertz CT molecular complexity index is 2300. The summed E-state index contributed by atoms with van der Waals surface area (Å²) < 4.78 is 75.4. The summed E-state index contributed by atoms with van der Waals surface area (Å²) in [6, 6.07) is 24.7. The first kappa shape index (κ1) is 40.0. The van der Waals surface area contributed by atoms with Crippen molar-refractivity contribution in [3.05, 3.63) is 131 Å². The van der Waals surface area contributed by atoms with E-state index in [0.29, 0.717) is 62.7 Å². The highest BCUT2D eigenvalue weighted by molar-refractivity contribution is 7.99. The molecule has 0 aliphatic carbocycles. The normalized spacial score (nSPS) is 13.4. The average molecular weight is 802 g/mol. The summed E-state index contributed by atoms with van der Waals surface area (Å²) in [5, 5.41) is 10.8. The molecule has 1 saturated heterocycles. The number of benzene rings is 3. The smallest absolute Gasteiger partial charge is 0.418 e. The Labute approximate surface area is 327 Å². The molecule has 2 N–H and O–H groups in total. The lowest BCUT2D eigenvalue weighted by molar-refractivity contribution is -0.137. The van der Waals surface area contributed by atoms with Crippen LogP contribution in [0, 0.1) is 11.8 Å². The van der Waals surface area contributed by atoms with Gasteiger partial charge in [-0.25, -0.2) is 13.1 Å². The molecule has 6 rings (SSSR count). The van der Waals surface area contributed by atoms with Gasteiger partial charge in [0.2, 0.25) is 0 Å². The quantitative estimate of drug-likeness (QED) is 0.0787. The maximum absolute atomic E-state index is 14.0. The first-order chi connectivity index (χ1) is 27.0. The van der Waals surface area contributed by atoms with Crippen LogP contribution >= 0.6 is 11.8 Å². The van der Waals surface area contributed by atoms with Crippen LogP contribution in [-0.4, -0.2) is 79.5 Å². The highest BCUT2D eigenvalue weighted by Gasteiger charge is 2.35. The second-order valence-corrected chi connectivity index (χ2v) is 15.4. The molecule has 1 fully saturated rings. The zero-order valence-corrected chi connectivity index (χ0v) is 31.9. The molecule has 0 atom stereocenters. The number of amides is 1. The Balaban J connectivity index is 1.03. The van der Waals surface area contributed by atoms with Crippen molar-refractivity contribution in [2.24, 2.45) is 0 Å². The molecule has 0 unspecified atom stereocenters. The molecule has 0 bridgehead atoms.